The molecule has 2 aromatic carbocycles. The van der Waals surface area contributed by atoms with Gasteiger partial charge in [-0.1, -0.05) is 30.3 Å². The van der Waals surface area contributed by atoms with E-state index in [1.54, 1.807) is 12.1 Å². The van der Waals surface area contributed by atoms with Gasteiger partial charge in [-0.15, -0.1) is 0 Å². The van der Waals surface area contributed by atoms with Crippen molar-refractivity contribution in [2.45, 2.75) is 19.6 Å². The van der Waals surface area contributed by atoms with Crippen LogP contribution in [0.1, 0.15) is 16.7 Å². The summed E-state index contributed by atoms with van der Waals surface area (Å²) >= 11 is 0. The number of hydrogen-bond donors (Lipinski definition) is 1. The van der Waals surface area contributed by atoms with Gasteiger partial charge in [0.05, 0.1) is 0 Å². The fraction of sp³-hybridized carbons (Fsp3) is 0.200. The molecule has 0 atom stereocenters. The first-order valence-corrected chi connectivity index (χ1v) is 6.08. The summed E-state index contributed by atoms with van der Waals surface area (Å²) in [5.74, 6) is -0.217. The fourth-order valence-corrected chi connectivity index (χ4v) is 2.41. The van der Waals surface area contributed by atoms with E-state index in [9.17, 15) is 4.39 Å². The average Bonchev–Trinajstić information content (AvgIpc) is 2.82. The first kappa shape index (κ1) is 11.2. The van der Waals surface area contributed by atoms with E-state index in [0.29, 0.717) is 5.56 Å². The van der Waals surface area contributed by atoms with Gasteiger partial charge in [-0.3, -0.25) is 0 Å². The minimum absolute atomic E-state index is 0.217. The van der Waals surface area contributed by atoms with E-state index in [0.717, 1.165) is 18.8 Å². The van der Waals surface area contributed by atoms with Gasteiger partial charge in [0.1, 0.15) is 5.82 Å². The molecule has 0 amide bonds. The SMILES string of the molecule is NCc1ccc(N2Cc3ccccc3C2)cc1F. The predicted molar refractivity (Wildman–Crippen MR) is 70.6 cm³/mol. The summed E-state index contributed by atoms with van der Waals surface area (Å²) in [4.78, 5) is 2.17. The Morgan fingerprint density at radius 2 is 1.72 bits per heavy atom. The molecular weight excluding hydrogens is 227 g/mol. The molecule has 0 radical (unpaired) electrons. The summed E-state index contributed by atoms with van der Waals surface area (Å²) < 4.78 is 13.7. The molecule has 3 rings (SSSR count). The molecular formula is C15H15FN2. The van der Waals surface area contributed by atoms with Crippen LogP contribution in [0.4, 0.5) is 10.1 Å². The first-order chi connectivity index (χ1) is 8.78. The molecule has 0 bridgehead atoms. The zero-order valence-corrected chi connectivity index (χ0v) is 10.1. The van der Waals surface area contributed by atoms with Crippen LogP contribution < -0.4 is 10.6 Å². The summed E-state index contributed by atoms with van der Waals surface area (Å²) in [6, 6.07) is 13.6. The summed E-state index contributed by atoms with van der Waals surface area (Å²) in [6.45, 7) is 1.93. The maximum atomic E-state index is 13.7. The van der Waals surface area contributed by atoms with Crippen LogP contribution in [-0.2, 0) is 19.6 Å². The Morgan fingerprint density at radius 3 is 2.28 bits per heavy atom. The standard InChI is InChI=1S/C15H15FN2/c16-15-7-14(6-5-11(15)8-17)18-9-12-3-1-2-4-13(12)10-18/h1-7H,8-10,17H2. The van der Waals surface area contributed by atoms with Crippen LogP contribution >= 0.6 is 0 Å². The molecule has 2 nitrogen and oxygen atoms in total. The number of halogens is 1. The zero-order valence-electron chi connectivity index (χ0n) is 10.1. The Morgan fingerprint density at radius 1 is 1.06 bits per heavy atom. The van der Waals surface area contributed by atoms with Gasteiger partial charge in [-0.2, -0.15) is 0 Å². The minimum Gasteiger partial charge on any atom is -0.363 e. The molecule has 1 aliphatic heterocycles. The molecule has 0 spiro atoms. The number of anilines is 1. The monoisotopic (exact) mass is 242 g/mol. The first-order valence-electron chi connectivity index (χ1n) is 6.08. The van der Waals surface area contributed by atoms with E-state index in [1.807, 2.05) is 18.2 Å². The van der Waals surface area contributed by atoms with Crippen LogP contribution in [0.2, 0.25) is 0 Å². The molecule has 0 unspecified atom stereocenters. The normalized spacial score (nSPS) is 13.8. The van der Waals surface area contributed by atoms with Gasteiger partial charge in [0.25, 0.3) is 0 Å². The third-order valence-electron chi connectivity index (χ3n) is 3.46. The zero-order chi connectivity index (χ0) is 12.5. The van der Waals surface area contributed by atoms with Crippen LogP contribution in [-0.4, -0.2) is 0 Å². The van der Waals surface area contributed by atoms with Gasteiger partial charge in [0, 0.05) is 30.9 Å². The van der Waals surface area contributed by atoms with Crippen LogP contribution in [0.25, 0.3) is 0 Å². The van der Waals surface area contributed by atoms with Crippen molar-refractivity contribution < 1.29 is 4.39 Å². The van der Waals surface area contributed by atoms with Gasteiger partial charge in [-0.05, 0) is 23.3 Å². The second-order valence-corrected chi connectivity index (χ2v) is 4.60. The Kier molecular flexibility index (Phi) is 2.76. The van der Waals surface area contributed by atoms with Gasteiger partial charge in [0.2, 0.25) is 0 Å². The van der Waals surface area contributed by atoms with E-state index in [2.05, 4.69) is 17.0 Å². The Bertz CT molecular complexity index is 555. The molecule has 3 heteroatoms. The molecule has 18 heavy (non-hydrogen) atoms. The predicted octanol–water partition coefficient (Wildman–Crippen LogP) is 2.80. The van der Waals surface area contributed by atoms with Gasteiger partial charge in [0.15, 0.2) is 0 Å². The highest BCUT2D eigenvalue weighted by Gasteiger charge is 2.19. The Hall–Kier alpha value is -1.87. The van der Waals surface area contributed by atoms with E-state index < -0.39 is 0 Å². The van der Waals surface area contributed by atoms with Crippen molar-refractivity contribution in [3.63, 3.8) is 0 Å². The number of fused-ring (bicyclic) bond motifs is 1. The van der Waals surface area contributed by atoms with Crippen molar-refractivity contribution >= 4 is 5.69 Å². The van der Waals surface area contributed by atoms with Gasteiger partial charge in [-0.25, -0.2) is 4.39 Å². The molecule has 2 aromatic rings. The van der Waals surface area contributed by atoms with E-state index >= 15 is 0 Å². The van der Waals surface area contributed by atoms with Crippen molar-refractivity contribution in [3.05, 3.63) is 65.0 Å². The lowest BCUT2D eigenvalue weighted by atomic mass is 10.1. The highest BCUT2D eigenvalue weighted by atomic mass is 19.1. The maximum Gasteiger partial charge on any atom is 0.129 e. The van der Waals surface area contributed by atoms with Crippen molar-refractivity contribution in [2.24, 2.45) is 5.73 Å². The summed E-state index contributed by atoms with van der Waals surface area (Å²) in [5.41, 5.74) is 9.59. The summed E-state index contributed by atoms with van der Waals surface area (Å²) in [5, 5.41) is 0. The number of benzene rings is 2. The van der Waals surface area contributed by atoms with E-state index in [1.165, 1.54) is 11.1 Å². The molecule has 0 saturated heterocycles. The molecule has 0 aromatic heterocycles. The highest BCUT2D eigenvalue weighted by molar-refractivity contribution is 5.53. The fourth-order valence-electron chi connectivity index (χ4n) is 2.41. The minimum atomic E-state index is -0.217. The van der Waals surface area contributed by atoms with Crippen molar-refractivity contribution in [1.82, 2.24) is 0 Å². The number of rotatable bonds is 2. The maximum absolute atomic E-state index is 13.7. The number of nitrogens with zero attached hydrogens (tertiary/aromatic N) is 1. The summed E-state index contributed by atoms with van der Waals surface area (Å²) in [6.07, 6.45) is 0. The van der Waals surface area contributed by atoms with E-state index in [4.69, 9.17) is 5.73 Å². The highest BCUT2D eigenvalue weighted by Crippen LogP contribution is 2.28. The topological polar surface area (TPSA) is 29.3 Å². The van der Waals surface area contributed by atoms with Crippen molar-refractivity contribution in [2.75, 3.05) is 4.90 Å². The largest absolute Gasteiger partial charge is 0.363 e. The lowest BCUT2D eigenvalue weighted by molar-refractivity contribution is 0.609. The van der Waals surface area contributed by atoms with Crippen LogP contribution in [0.15, 0.2) is 42.5 Å². The lowest BCUT2D eigenvalue weighted by Gasteiger charge is -2.18. The lowest BCUT2D eigenvalue weighted by Crippen LogP contribution is -2.15. The molecule has 1 heterocycles. The van der Waals surface area contributed by atoms with Crippen LogP contribution in [0.3, 0.4) is 0 Å². The Balaban J connectivity index is 1.88. The van der Waals surface area contributed by atoms with Crippen molar-refractivity contribution in [1.29, 1.82) is 0 Å². The van der Waals surface area contributed by atoms with Gasteiger partial charge >= 0.3 is 0 Å². The van der Waals surface area contributed by atoms with Crippen LogP contribution in [0, 0.1) is 5.82 Å². The molecule has 0 aliphatic carbocycles. The number of nitrogens with two attached hydrogens (primary N) is 1. The van der Waals surface area contributed by atoms with Crippen LogP contribution in [0.5, 0.6) is 0 Å². The quantitative estimate of drug-likeness (QED) is 0.877. The molecule has 1 aliphatic rings. The van der Waals surface area contributed by atoms with Gasteiger partial charge < -0.3 is 10.6 Å². The average molecular weight is 242 g/mol. The smallest absolute Gasteiger partial charge is 0.129 e. The summed E-state index contributed by atoms with van der Waals surface area (Å²) in [7, 11) is 0. The second kappa shape index (κ2) is 4.42. The third kappa shape index (κ3) is 1.87. The Labute approximate surface area is 106 Å². The molecule has 92 valence electrons. The third-order valence-corrected chi connectivity index (χ3v) is 3.46. The van der Waals surface area contributed by atoms with Crippen molar-refractivity contribution in [3.8, 4) is 0 Å². The molecule has 0 fully saturated rings. The van der Waals surface area contributed by atoms with E-state index in [-0.39, 0.29) is 12.4 Å². The number of hydrogen-bond acceptors (Lipinski definition) is 2. The second-order valence-electron chi connectivity index (χ2n) is 4.60. The molecule has 0 saturated carbocycles. The molecule has 2 N–H and O–H groups in total.